The van der Waals surface area contributed by atoms with Crippen LogP contribution < -0.4 is 16.0 Å². The third-order valence-electron chi connectivity index (χ3n) is 3.43. The molecule has 0 radical (unpaired) electrons. The molecule has 2 rings (SSSR count). The molecule has 2 amide bonds. The van der Waals surface area contributed by atoms with Crippen LogP contribution in [0.3, 0.4) is 0 Å². The number of rotatable bonds is 5. The van der Waals surface area contributed by atoms with E-state index < -0.39 is 0 Å². The number of hydrogen-bond acceptors (Lipinski definition) is 3. The Morgan fingerprint density at radius 3 is 2.62 bits per heavy atom. The van der Waals surface area contributed by atoms with Gasteiger partial charge in [0.15, 0.2) is 0 Å². The topological polar surface area (TPSA) is 70.2 Å². The third-order valence-corrected chi connectivity index (χ3v) is 3.43. The Morgan fingerprint density at radius 1 is 1.19 bits per heavy atom. The lowest BCUT2D eigenvalue weighted by Crippen LogP contribution is -2.42. The largest absolute Gasteiger partial charge is 0.354 e. The van der Waals surface area contributed by atoms with Gasteiger partial charge in [-0.3, -0.25) is 9.59 Å². The maximum atomic E-state index is 11.8. The molecule has 1 fully saturated rings. The van der Waals surface area contributed by atoms with Crippen molar-refractivity contribution in [2.45, 2.75) is 12.8 Å². The quantitative estimate of drug-likeness (QED) is 0.758. The van der Waals surface area contributed by atoms with Crippen molar-refractivity contribution < 1.29 is 9.59 Å². The van der Waals surface area contributed by atoms with E-state index in [1.54, 1.807) is 24.3 Å². The highest BCUT2D eigenvalue weighted by atomic mass is 35.5. The van der Waals surface area contributed by atoms with Gasteiger partial charge in [-0.25, -0.2) is 0 Å². The monoisotopic (exact) mass is 311 g/mol. The van der Waals surface area contributed by atoms with Crippen LogP contribution in [0.25, 0.3) is 0 Å². The van der Waals surface area contributed by atoms with Crippen LogP contribution in [0.2, 0.25) is 0 Å². The number of amides is 2. The number of hydrogen-bond donors (Lipinski definition) is 3. The van der Waals surface area contributed by atoms with Gasteiger partial charge in [0, 0.05) is 12.1 Å². The summed E-state index contributed by atoms with van der Waals surface area (Å²) >= 11 is 0. The van der Waals surface area contributed by atoms with Crippen LogP contribution in [0, 0.1) is 5.92 Å². The number of nitrogens with one attached hydrogen (secondary N) is 3. The molecule has 1 aromatic rings. The molecule has 3 N–H and O–H groups in total. The van der Waals surface area contributed by atoms with Crippen molar-refractivity contribution in [3.05, 3.63) is 35.9 Å². The molecule has 1 aliphatic heterocycles. The molecular weight excluding hydrogens is 290 g/mol. The predicted molar refractivity (Wildman–Crippen MR) is 84.6 cm³/mol. The van der Waals surface area contributed by atoms with E-state index in [4.69, 9.17) is 0 Å². The summed E-state index contributed by atoms with van der Waals surface area (Å²) in [5, 5.41) is 8.79. The second-order valence-corrected chi connectivity index (χ2v) is 5.07. The summed E-state index contributed by atoms with van der Waals surface area (Å²) in [4.78, 5) is 23.4. The fourth-order valence-electron chi connectivity index (χ4n) is 2.27. The van der Waals surface area contributed by atoms with Crippen LogP contribution in [-0.2, 0) is 4.79 Å². The molecule has 1 atom stereocenters. The van der Waals surface area contributed by atoms with Gasteiger partial charge >= 0.3 is 0 Å². The summed E-state index contributed by atoms with van der Waals surface area (Å²) in [6, 6.07) is 8.89. The van der Waals surface area contributed by atoms with Gasteiger partial charge in [0.2, 0.25) is 5.91 Å². The fourth-order valence-corrected chi connectivity index (χ4v) is 2.27. The zero-order valence-electron chi connectivity index (χ0n) is 11.9. The SMILES string of the molecule is Cl.O=C(CNC(=O)c1ccccc1)NCC1CCCNC1. The van der Waals surface area contributed by atoms with Gasteiger partial charge in [-0.1, -0.05) is 18.2 Å². The molecule has 0 bridgehead atoms. The molecule has 1 aromatic carbocycles. The number of halogens is 1. The second kappa shape index (κ2) is 9.37. The Hall–Kier alpha value is -1.59. The van der Waals surface area contributed by atoms with Gasteiger partial charge in [0.25, 0.3) is 5.91 Å². The molecule has 1 heterocycles. The van der Waals surface area contributed by atoms with Crippen molar-refractivity contribution in [1.82, 2.24) is 16.0 Å². The Bertz CT molecular complexity index is 447. The highest BCUT2D eigenvalue weighted by molar-refractivity contribution is 5.96. The summed E-state index contributed by atoms with van der Waals surface area (Å²) in [5.74, 6) is 0.137. The highest BCUT2D eigenvalue weighted by Gasteiger charge is 2.14. The minimum atomic E-state index is -0.222. The van der Waals surface area contributed by atoms with E-state index in [1.807, 2.05) is 6.07 Å². The van der Waals surface area contributed by atoms with E-state index in [1.165, 1.54) is 0 Å². The maximum absolute atomic E-state index is 11.8. The summed E-state index contributed by atoms with van der Waals surface area (Å²) in [5.41, 5.74) is 0.566. The lowest BCUT2D eigenvalue weighted by Gasteiger charge is -2.22. The summed E-state index contributed by atoms with van der Waals surface area (Å²) in [7, 11) is 0. The van der Waals surface area contributed by atoms with Gasteiger partial charge in [-0.05, 0) is 44.0 Å². The van der Waals surface area contributed by atoms with Crippen molar-refractivity contribution in [1.29, 1.82) is 0 Å². The Labute approximate surface area is 131 Å². The molecule has 1 aliphatic rings. The second-order valence-electron chi connectivity index (χ2n) is 5.07. The molecule has 1 saturated heterocycles. The Balaban J connectivity index is 0.00000220. The Morgan fingerprint density at radius 2 is 1.95 bits per heavy atom. The zero-order chi connectivity index (χ0) is 14.2. The fraction of sp³-hybridized carbons (Fsp3) is 0.467. The molecule has 0 spiro atoms. The first-order chi connectivity index (χ1) is 9.75. The van der Waals surface area contributed by atoms with Crippen molar-refractivity contribution in [3.63, 3.8) is 0 Å². The standard InChI is InChI=1S/C15H21N3O2.ClH/c19-14(17-10-12-5-4-8-16-9-12)11-18-15(20)13-6-2-1-3-7-13;/h1-3,6-7,12,16H,4-5,8-11H2,(H,17,19)(H,18,20);1H. The molecule has 0 aliphatic carbocycles. The minimum absolute atomic E-state index is 0. The first kappa shape index (κ1) is 17.5. The summed E-state index contributed by atoms with van der Waals surface area (Å²) < 4.78 is 0. The maximum Gasteiger partial charge on any atom is 0.251 e. The predicted octanol–water partition coefficient (Wildman–Crippen LogP) is 0.954. The first-order valence-electron chi connectivity index (χ1n) is 7.06. The molecule has 21 heavy (non-hydrogen) atoms. The summed E-state index contributed by atoms with van der Waals surface area (Å²) in [6.07, 6.45) is 2.30. The minimum Gasteiger partial charge on any atom is -0.354 e. The van der Waals surface area contributed by atoms with Gasteiger partial charge in [-0.15, -0.1) is 12.4 Å². The molecule has 5 nitrogen and oxygen atoms in total. The van der Waals surface area contributed by atoms with Crippen LogP contribution in [-0.4, -0.2) is 38.0 Å². The van der Waals surface area contributed by atoms with Crippen molar-refractivity contribution in [2.24, 2.45) is 5.92 Å². The van der Waals surface area contributed by atoms with Gasteiger partial charge < -0.3 is 16.0 Å². The van der Waals surface area contributed by atoms with Gasteiger partial charge in [0.05, 0.1) is 6.54 Å². The molecular formula is C15H22ClN3O2. The van der Waals surface area contributed by atoms with E-state index in [2.05, 4.69) is 16.0 Å². The van der Waals surface area contributed by atoms with E-state index in [0.717, 1.165) is 25.9 Å². The number of carbonyl (C=O) groups is 2. The smallest absolute Gasteiger partial charge is 0.251 e. The van der Waals surface area contributed by atoms with E-state index in [9.17, 15) is 9.59 Å². The van der Waals surface area contributed by atoms with E-state index >= 15 is 0 Å². The van der Waals surface area contributed by atoms with Gasteiger partial charge in [-0.2, -0.15) is 0 Å². The van der Waals surface area contributed by atoms with Crippen molar-refractivity contribution >= 4 is 24.2 Å². The molecule has 6 heteroatoms. The number of piperidine rings is 1. The Kier molecular flexibility index (Phi) is 7.79. The highest BCUT2D eigenvalue weighted by Crippen LogP contribution is 2.07. The van der Waals surface area contributed by atoms with Crippen LogP contribution in [0.1, 0.15) is 23.2 Å². The lowest BCUT2D eigenvalue weighted by atomic mass is 10.00. The van der Waals surface area contributed by atoms with Gasteiger partial charge in [0.1, 0.15) is 0 Å². The summed E-state index contributed by atoms with van der Waals surface area (Å²) in [6.45, 7) is 2.72. The van der Waals surface area contributed by atoms with Crippen LogP contribution >= 0.6 is 12.4 Å². The van der Waals surface area contributed by atoms with Crippen LogP contribution in [0.4, 0.5) is 0 Å². The molecule has 0 saturated carbocycles. The molecule has 1 unspecified atom stereocenters. The van der Waals surface area contributed by atoms with Crippen LogP contribution in [0.5, 0.6) is 0 Å². The average Bonchev–Trinajstić information content (AvgIpc) is 2.52. The zero-order valence-corrected chi connectivity index (χ0v) is 12.7. The lowest BCUT2D eigenvalue weighted by molar-refractivity contribution is -0.120. The molecule has 116 valence electrons. The van der Waals surface area contributed by atoms with E-state index in [0.29, 0.717) is 18.0 Å². The van der Waals surface area contributed by atoms with E-state index in [-0.39, 0.29) is 30.8 Å². The average molecular weight is 312 g/mol. The first-order valence-corrected chi connectivity index (χ1v) is 7.06. The van der Waals surface area contributed by atoms with Crippen LogP contribution in [0.15, 0.2) is 30.3 Å². The third kappa shape index (κ3) is 6.14. The normalized spacial score (nSPS) is 17.4. The number of carbonyl (C=O) groups excluding carboxylic acids is 2. The van der Waals surface area contributed by atoms with Crippen molar-refractivity contribution in [2.75, 3.05) is 26.2 Å². The van der Waals surface area contributed by atoms with Crippen molar-refractivity contribution in [3.8, 4) is 0 Å². The number of benzene rings is 1. The molecule has 0 aromatic heterocycles.